The van der Waals surface area contributed by atoms with Gasteiger partial charge in [-0.3, -0.25) is 14.9 Å². The van der Waals surface area contributed by atoms with Crippen LogP contribution in [0.5, 0.6) is 5.75 Å². The maximum absolute atomic E-state index is 11.9. The molecule has 2 aromatic rings. The third-order valence-corrected chi connectivity index (χ3v) is 3.75. The van der Waals surface area contributed by atoms with E-state index in [0.29, 0.717) is 23.5 Å². The zero-order chi connectivity index (χ0) is 20.4. The molecule has 0 unspecified atom stereocenters. The van der Waals surface area contributed by atoms with Gasteiger partial charge in [-0.25, -0.2) is 0 Å². The Kier molecular flexibility index (Phi) is 8.32. The van der Waals surface area contributed by atoms with Crippen molar-refractivity contribution in [3.63, 3.8) is 0 Å². The molecule has 0 atom stereocenters. The minimum atomic E-state index is -0.364. The molecule has 0 aliphatic carbocycles. The number of hydrogen-bond donors (Lipinski definition) is 4. The van der Waals surface area contributed by atoms with Gasteiger partial charge in [-0.1, -0.05) is 25.1 Å². The van der Waals surface area contributed by atoms with Crippen molar-refractivity contribution in [1.29, 1.82) is 0 Å². The zero-order valence-electron chi connectivity index (χ0n) is 15.2. The first-order valence-corrected chi connectivity index (χ1v) is 9.27. The highest BCUT2D eigenvalue weighted by molar-refractivity contribution is 7.80. The highest BCUT2D eigenvalue weighted by atomic mass is 32.1. The Morgan fingerprint density at radius 2 is 1.32 bits per heavy atom. The van der Waals surface area contributed by atoms with Crippen LogP contribution in [0.3, 0.4) is 0 Å². The number of carbonyl (C=O) groups is 2. The Bertz CT molecular complexity index is 842. The fourth-order valence-corrected chi connectivity index (χ4v) is 2.47. The van der Waals surface area contributed by atoms with Crippen molar-refractivity contribution in [3.8, 4) is 5.75 Å². The second-order valence-corrected chi connectivity index (χ2v) is 6.35. The molecule has 0 heterocycles. The zero-order valence-corrected chi connectivity index (χ0v) is 16.8. The molecule has 0 saturated heterocycles. The molecular weight excluding hydrogens is 396 g/mol. The Labute approximate surface area is 173 Å². The summed E-state index contributed by atoms with van der Waals surface area (Å²) < 4.78 is 5.36. The lowest BCUT2D eigenvalue weighted by molar-refractivity contribution is -0.121. The van der Waals surface area contributed by atoms with E-state index in [1.807, 2.05) is 18.2 Å². The number of thiocarbonyl (C=S) groups is 2. The lowest BCUT2D eigenvalue weighted by Gasteiger charge is -2.12. The molecule has 0 aliphatic heterocycles. The molecule has 9 heteroatoms. The van der Waals surface area contributed by atoms with E-state index in [4.69, 9.17) is 29.2 Å². The predicted molar refractivity (Wildman–Crippen MR) is 117 cm³/mol. The van der Waals surface area contributed by atoms with Crippen molar-refractivity contribution in [2.45, 2.75) is 13.3 Å². The first-order valence-electron chi connectivity index (χ1n) is 8.46. The summed E-state index contributed by atoms with van der Waals surface area (Å²) in [4.78, 5) is 23.2. The average Bonchev–Trinajstić information content (AvgIpc) is 2.68. The van der Waals surface area contributed by atoms with Crippen molar-refractivity contribution >= 4 is 57.8 Å². The number of benzene rings is 2. The number of anilines is 2. The summed E-state index contributed by atoms with van der Waals surface area (Å²) >= 11 is 10.2. The molecule has 0 aliphatic rings. The van der Waals surface area contributed by atoms with Gasteiger partial charge < -0.3 is 20.7 Å². The van der Waals surface area contributed by atoms with E-state index < -0.39 is 0 Å². The molecule has 0 bridgehead atoms. The highest BCUT2D eigenvalue weighted by Gasteiger charge is 2.07. The van der Waals surface area contributed by atoms with Crippen molar-refractivity contribution in [3.05, 3.63) is 54.6 Å². The molecule has 0 saturated carbocycles. The van der Waals surface area contributed by atoms with Gasteiger partial charge in [0.25, 0.3) is 5.91 Å². The Morgan fingerprint density at radius 3 is 1.82 bits per heavy atom. The minimum Gasteiger partial charge on any atom is -0.484 e. The molecule has 7 nitrogen and oxygen atoms in total. The van der Waals surface area contributed by atoms with Crippen molar-refractivity contribution < 1.29 is 14.3 Å². The van der Waals surface area contributed by atoms with E-state index in [1.165, 1.54) is 0 Å². The maximum atomic E-state index is 11.9. The van der Waals surface area contributed by atoms with E-state index in [2.05, 4.69) is 21.3 Å². The number of rotatable bonds is 6. The summed E-state index contributed by atoms with van der Waals surface area (Å²) in [5.74, 6) is 0.0810. The second-order valence-electron chi connectivity index (χ2n) is 5.54. The molecule has 146 valence electrons. The minimum absolute atomic E-state index is 0.143. The molecule has 0 aromatic heterocycles. The van der Waals surface area contributed by atoms with E-state index in [9.17, 15) is 9.59 Å². The fourth-order valence-electron chi connectivity index (χ4n) is 2.00. The SMILES string of the molecule is CCC(=O)NC(=S)Nc1ccc(NC(=S)NC(=O)COc2ccccc2)cc1. The largest absolute Gasteiger partial charge is 0.484 e. The number of para-hydroxylation sites is 1. The Morgan fingerprint density at radius 1 is 0.821 bits per heavy atom. The molecule has 2 aromatic carbocycles. The predicted octanol–water partition coefficient (Wildman–Crippen LogP) is 2.80. The van der Waals surface area contributed by atoms with Crippen LogP contribution in [0.4, 0.5) is 11.4 Å². The van der Waals surface area contributed by atoms with Crippen LogP contribution >= 0.6 is 24.4 Å². The van der Waals surface area contributed by atoms with Crippen LogP contribution in [0, 0.1) is 0 Å². The third-order valence-electron chi connectivity index (χ3n) is 3.34. The highest BCUT2D eigenvalue weighted by Crippen LogP contribution is 2.13. The third kappa shape index (κ3) is 7.68. The van der Waals surface area contributed by atoms with Gasteiger partial charge in [0.1, 0.15) is 5.75 Å². The van der Waals surface area contributed by atoms with Gasteiger partial charge in [0.2, 0.25) is 5.91 Å². The van der Waals surface area contributed by atoms with Crippen LogP contribution in [0.15, 0.2) is 54.6 Å². The summed E-state index contributed by atoms with van der Waals surface area (Å²) in [6.07, 6.45) is 0.351. The normalized spacial score (nSPS) is 9.75. The number of nitrogens with one attached hydrogen (secondary N) is 4. The fraction of sp³-hybridized carbons (Fsp3) is 0.158. The molecule has 4 N–H and O–H groups in total. The van der Waals surface area contributed by atoms with Crippen LogP contribution in [-0.4, -0.2) is 28.6 Å². The Hall–Kier alpha value is -3.04. The van der Waals surface area contributed by atoms with Gasteiger partial charge in [-0.2, -0.15) is 0 Å². The van der Waals surface area contributed by atoms with Crippen LogP contribution in [-0.2, 0) is 9.59 Å². The molecule has 0 radical (unpaired) electrons. The van der Waals surface area contributed by atoms with Crippen LogP contribution in [0.2, 0.25) is 0 Å². The summed E-state index contributed by atoms with van der Waals surface area (Å²) in [5, 5.41) is 11.3. The average molecular weight is 417 g/mol. The van der Waals surface area contributed by atoms with Crippen LogP contribution in [0.25, 0.3) is 0 Å². The van der Waals surface area contributed by atoms with Gasteiger partial charge in [-0.15, -0.1) is 0 Å². The van der Waals surface area contributed by atoms with Gasteiger partial charge in [-0.05, 0) is 60.8 Å². The van der Waals surface area contributed by atoms with Gasteiger partial charge in [0, 0.05) is 17.8 Å². The molecule has 28 heavy (non-hydrogen) atoms. The van der Waals surface area contributed by atoms with E-state index in [0.717, 1.165) is 0 Å². The smallest absolute Gasteiger partial charge is 0.264 e. The molecule has 2 rings (SSSR count). The van der Waals surface area contributed by atoms with Crippen LogP contribution < -0.4 is 26.0 Å². The monoisotopic (exact) mass is 416 g/mol. The van der Waals surface area contributed by atoms with E-state index in [-0.39, 0.29) is 28.6 Å². The number of carbonyl (C=O) groups excluding carboxylic acids is 2. The van der Waals surface area contributed by atoms with E-state index in [1.54, 1.807) is 43.3 Å². The van der Waals surface area contributed by atoms with Crippen molar-refractivity contribution in [2.75, 3.05) is 17.2 Å². The lowest BCUT2D eigenvalue weighted by atomic mass is 10.3. The molecular formula is C19H20N4O3S2. The first-order chi connectivity index (χ1) is 13.5. The second kappa shape index (κ2) is 11.0. The topological polar surface area (TPSA) is 91.5 Å². The molecule has 0 spiro atoms. The standard InChI is InChI=1S/C19H20N4O3S2/c1-2-16(24)22-18(27)20-13-8-10-14(11-9-13)21-19(28)23-17(25)12-26-15-6-4-3-5-7-15/h3-11H,2,12H2,1H3,(H2,20,22,24,27)(H2,21,23,25,28). The molecule has 2 amide bonds. The summed E-state index contributed by atoms with van der Waals surface area (Å²) in [6, 6.07) is 16.1. The van der Waals surface area contributed by atoms with Gasteiger partial charge in [0.05, 0.1) is 0 Å². The number of amides is 2. The summed E-state index contributed by atoms with van der Waals surface area (Å²) in [6.45, 7) is 1.60. The number of hydrogen-bond acceptors (Lipinski definition) is 5. The van der Waals surface area contributed by atoms with Crippen molar-refractivity contribution in [1.82, 2.24) is 10.6 Å². The first kappa shape index (κ1) is 21.3. The van der Waals surface area contributed by atoms with Crippen LogP contribution in [0.1, 0.15) is 13.3 Å². The Balaban J connectivity index is 1.76. The maximum Gasteiger partial charge on any atom is 0.264 e. The number of ether oxygens (including phenoxy) is 1. The van der Waals surface area contributed by atoms with Gasteiger partial charge in [0.15, 0.2) is 16.8 Å². The van der Waals surface area contributed by atoms with Gasteiger partial charge >= 0.3 is 0 Å². The summed E-state index contributed by atoms with van der Waals surface area (Å²) in [7, 11) is 0. The lowest BCUT2D eigenvalue weighted by Crippen LogP contribution is -2.37. The summed E-state index contributed by atoms with van der Waals surface area (Å²) in [5.41, 5.74) is 1.39. The van der Waals surface area contributed by atoms with Crippen molar-refractivity contribution in [2.24, 2.45) is 0 Å². The molecule has 0 fully saturated rings. The van der Waals surface area contributed by atoms with E-state index >= 15 is 0 Å². The quantitative estimate of drug-likeness (QED) is 0.538.